The molecule has 0 atom stereocenters. The fraction of sp³-hybridized carbons (Fsp3) is 0.240. The maximum atomic E-state index is 12.5. The average Bonchev–Trinajstić information content (AvgIpc) is 3.52. The second-order valence-electron chi connectivity index (χ2n) is 9.51. The number of carbonyl (C=O) groups is 1. The number of benzene rings is 1. The Morgan fingerprint density at radius 3 is 2.68 bits per heavy atom. The van der Waals surface area contributed by atoms with Crippen molar-refractivity contribution in [2.75, 3.05) is 0 Å². The van der Waals surface area contributed by atoms with Crippen LogP contribution >= 0.6 is 11.6 Å². The number of aryl methyl sites for hydroxylation is 1. The zero-order valence-electron chi connectivity index (χ0n) is 20.5. The summed E-state index contributed by atoms with van der Waals surface area (Å²) >= 11 is 6.57. The smallest absolute Gasteiger partial charge is 0.315 e. The minimum Gasteiger partial charge on any atom is -0.344 e. The normalized spacial score (nSPS) is 11.7. The molecule has 0 saturated carbocycles. The fourth-order valence-corrected chi connectivity index (χ4v) is 3.86. The van der Waals surface area contributed by atoms with Gasteiger partial charge in [0.2, 0.25) is 0 Å². The summed E-state index contributed by atoms with van der Waals surface area (Å²) in [5.41, 5.74) is 3.52. The molecule has 4 heterocycles. The summed E-state index contributed by atoms with van der Waals surface area (Å²) < 4.78 is 6.33. The molecule has 4 aromatic heterocycles. The van der Waals surface area contributed by atoms with Crippen molar-refractivity contribution in [3.05, 3.63) is 75.4 Å². The van der Waals surface area contributed by atoms with Crippen molar-refractivity contribution in [1.82, 2.24) is 40.2 Å². The number of nitrogens with one attached hydrogen (secondary N) is 2. The van der Waals surface area contributed by atoms with Gasteiger partial charge in [0.15, 0.2) is 11.5 Å². The molecule has 188 valence electrons. The minimum atomic E-state index is -0.478. The Balaban J connectivity index is 1.37. The summed E-state index contributed by atoms with van der Waals surface area (Å²) in [6.45, 7) is 5.98. The Bertz CT molecular complexity index is 1700. The molecule has 37 heavy (non-hydrogen) atoms. The molecule has 0 saturated heterocycles. The topological polar surface area (TPSA) is 144 Å². The maximum Gasteiger partial charge on any atom is 0.315 e. The number of amides is 1. The van der Waals surface area contributed by atoms with E-state index >= 15 is 0 Å². The van der Waals surface area contributed by atoms with E-state index < -0.39 is 5.91 Å². The van der Waals surface area contributed by atoms with Crippen LogP contribution in [-0.4, -0.2) is 40.8 Å². The molecular formula is C25H23ClN8O3. The lowest BCUT2D eigenvalue weighted by atomic mass is 9.96. The fourth-order valence-electron chi connectivity index (χ4n) is 3.61. The molecule has 12 heteroatoms. The average molecular weight is 519 g/mol. The highest BCUT2D eigenvalue weighted by Gasteiger charge is 2.24. The number of rotatable bonds is 5. The third-order valence-corrected chi connectivity index (χ3v) is 6.07. The highest BCUT2D eigenvalue weighted by Crippen LogP contribution is 2.31. The van der Waals surface area contributed by atoms with Gasteiger partial charge in [0, 0.05) is 47.4 Å². The van der Waals surface area contributed by atoms with Crippen LogP contribution in [0.5, 0.6) is 0 Å². The Kier molecular flexibility index (Phi) is 6.08. The van der Waals surface area contributed by atoms with Crippen LogP contribution in [0.3, 0.4) is 0 Å². The van der Waals surface area contributed by atoms with E-state index in [0.717, 1.165) is 11.1 Å². The molecule has 0 spiro atoms. The first-order chi connectivity index (χ1) is 17.6. The molecule has 5 aromatic rings. The Hall–Kier alpha value is -4.38. The van der Waals surface area contributed by atoms with Crippen molar-refractivity contribution in [3.8, 4) is 22.5 Å². The second-order valence-corrected chi connectivity index (χ2v) is 9.92. The van der Waals surface area contributed by atoms with Gasteiger partial charge in [0.25, 0.3) is 5.56 Å². The summed E-state index contributed by atoms with van der Waals surface area (Å²) in [6.07, 6.45) is 3.23. The number of carbonyl (C=O) groups excluding carboxylic acids is 1. The minimum absolute atomic E-state index is 0.0994. The predicted octanol–water partition coefficient (Wildman–Crippen LogP) is 3.65. The summed E-state index contributed by atoms with van der Waals surface area (Å²) in [7, 11) is 1.58. The van der Waals surface area contributed by atoms with E-state index in [-0.39, 0.29) is 23.4 Å². The third-order valence-electron chi connectivity index (χ3n) is 5.72. The zero-order valence-corrected chi connectivity index (χ0v) is 21.3. The molecule has 0 fully saturated rings. The third kappa shape index (κ3) is 4.85. The Morgan fingerprint density at radius 2 is 1.97 bits per heavy atom. The first-order valence-electron chi connectivity index (χ1n) is 11.4. The Labute approximate surface area is 215 Å². The number of hydrogen-bond donors (Lipinski definition) is 2. The number of pyridine rings is 1. The van der Waals surface area contributed by atoms with Gasteiger partial charge in [-0.15, -0.1) is 0 Å². The number of halogens is 1. The summed E-state index contributed by atoms with van der Waals surface area (Å²) in [4.78, 5) is 40.8. The standard InChI is InChI=1S/C25H23ClN8O3/c1-25(2,3)24-32-23(37-33-24)22(36)28-11-14-6-5-13(9-17(14)26)16-7-8-27-21-19(16)30-20(31-21)15-10-18(35)34(4)29-12-15/h5-10,12H,11H2,1-4H3,(H,28,36)(H,27,30,31). The summed E-state index contributed by atoms with van der Waals surface area (Å²) in [5.74, 6) is 0.364. The van der Waals surface area contributed by atoms with Crippen LogP contribution in [0.15, 0.2) is 52.0 Å². The van der Waals surface area contributed by atoms with Crippen molar-refractivity contribution in [2.24, 2.45) is 7.05 Å². The molecule has 0 radical (unpaired) electrons. The van der Waals surface area contributed by atoms with Crippen LogP contribution < -0.4 is 10.9 Å². The number of imidazole rings is 1. The predicted molar refractivity (Wildman–Crippen MR) is 137 cm³/mol. The molecule has 1 amide bonds. The lowest BCUT2D eigenvalue weighted by Crippen LogP contribution is -2.23. The van der Waals surface area contributed by atoms with Gasteiger partial charge in [0.1, 0.15) is 11.3 Å². The number of nitrogens with zero attached hydrogens (tertiary/aromatic N) is 6. The van der Waals surface area contributed by atoms with Crippen LogP contribution in [0, 0.1) is 0 Å². The van der Waals surface area contributed by atoms with Crippen molar-refractivity contribution in [1.29, 1.82) is 0 Å². The molecule has 11 nitrogen and oxygen atoms in total. The highest BCUT2D eigenvalue weighted by molar-refractivity contribution is 6.31. The number of aromatic amines is 1. The van der Waals surface area contributed by atoms with E-state index in [1.165, 1.54) is 10.7 Å². The van der Waals surface area contributed by atoms with Crippen LogP contribution in [0.25, 0.3) is 33.7 Å². The number of H-pyrrole nitrogens is 1. The molecule has 0 aliphatic carbocycles. The van der Waals surface area contributed by atoms with Gasteiger partial charge >= 0.3 is 11.8 Å². The van der Waals surface area contributed by atoms with E-state index in [4.69, 9.17) is 16.1 Å². The van der Waals surface area contributed by atoms with Gasteiger partial charge in [-0.05, 0) is 23.3 Å². The first-order valence-corrected chi connectivity index (χ1v) is 11.8. The van der Waals surface area contributed by atoms with E-state index in [1.807, 2.05) is 39.0 Å². The quantitative estimate of drug-likeness (QED) is 0.358. The van der Waals surface area contributed by atoms with E-state index in [1.54, 1.807) is 25.5 Å². The molecule has 0 aliphatic heterocycles. The summed E-state index contributed by atoms with van der Waals surface area (Å²) in [6, 6.07) is 8.82. The van der Waals surface area contributed by atoms with Crippen molar-refractivity contribution >= 4 is 28.7 Å². The van der Waals surface area contributed by atoms with Crippen molar-refractivity contribution < 1.29 is 9.32 Å². The van der Waals surface area contributed by atoms with Crippen molar-refractivity contribution in [3.63, 3.8) is 0 Å². The Morgan fingerprint density at radius 1 is 1.16 bits per heavy atom. The van der Waals surface area contributed by atoms with Crippen LogP contribution in [0.1, 0.15) is 42.8 Å². The molecule has 0 aliphatic rings. The van der Waals surface area contributed by atoms with E-state index in [2.05, 4.69) is 35.5 Å². The highest BCUT2D eigenvalue weighted by atomic mass is 35.5. The number of hydrogen-bond acceptors (Lipinski definition) is 8. The maximum absolute atomic E-state index is 12.5. The van der Waals surface area contributed by atoms with Crippen LogP contribution in [-0.2, 0) is 19.0 Å². The van der Waals surface area contributed by atoms with Gasteiger partial charge in [-0.2, -0.15) is 10.1 Å². The van der Waals surface area contributed by atoms with Crippen LogP contribution in [0.2, 0.25) is 5.02 Å². The molecule has 5 rings (SSSR count). The van der Waals surface area contributed by atoms with Crippen LogP contribution in [0.4, 0.5) is 0 Å². The SMILES string of the molecule is Cn1ncc(-c2nc3c(-c4ccc(CNC(=O)c5nc(C(C)(C)C)no5)c(Cl)c4)ccnc3[nH]2)cc1=O. The lowest BCUT2D eigenvalue weighted by Gasteiger charge is -2.10. The monoisotopic (exact) mass is 518 g/mol. The molecular weight excluding hydrogens is 496 g/mol. The van der Waals surface area contributed by atoms with Gasteiger partial charge in [-0.25, -0.2) is 14.6 Å². The molecule has 1 aromatic carbocycles. The molecule has 0 bridgehead atoms. The summed E-state index contributed by atoms with van der Waals surface area (Å²) in [5, 5.41) is 11.2. The number of fused-ring (bicyclic) bond motifs is 1. The first kappa shape index (κ1) is 24.3. The van der Waals surface area contributed by atoms with Crippen molar-refractivity contribution in [2.45, 2.75) is 32.7 Å². The number of aromatic nitrogens is 7. The lowest BCUT2D eigenvalue weighted by molar-refractivity contribution is 0.0907. The van der Waals surface area contributed by atoms with Gasteiger partial charge in [-0.1, -0.05) is 49.7 Å². The van der Waals surface area contributed by atoms with E-state index in [0.29, 0.717) is 39.0 Å². The molecule has 2 N–H and O–H groups in total. The zero-order chi connectivity index (χ0) is 26.3. The molecule has 0 unspecified atom stereocenters. The second kappa shape index (κ2) is 9.25. The van der Waals surface area contributed by atoms with E-state index in [9.17, 15) is 9.59 Å². The van der Waals surface area contributed by atoms with Gasteiger partial charge in [0.05, 0.1) is 6.20 Å². The largest absolute Gasteiger partial charge is 0.344 e. The van der Waals surface area contributed by atoms with Gasteiger partial charge < -0.3 is 14.8 Å². The van der Waals surface area contributed by atoms with Gasteiger partial charge in [-0.3, -0.25) is 9.59 Å².